The molecule has 0 bridgehead atoms. The van der Waals surface area contributed by atoms with E-state index < -0.39 is 5.97 Å². The van der Waals surface area contributed by atoms with Gasteiger partial charge in [0.25, 0.3) is 0 Å². The molecule has 2 N–H and O–H groups in total. The Kier molecular flexibility index (Phi) is 2.71. The van der Waals surface area contributed by atoms with E-state index in [1.807, 2.05) is 0 Å². The quantitative estimate of drug-likeness (QED) is 0.631. The van der Waals surface area contributed by atoms with Gasteiger partial charge in [-0.2, -0.15) is 0 Å². The van der Waals surface area contributed by atoms with Crippen LogP contribution in [0.2, 0.25) is 0 Å². The monoisotopic (exact) mass is 165 g/mol. The predicted octanol–water partition coefficient (Wildman–Crippen LogP) is 0.290. The first-order chi connectivity index (χ1) is 5.74. The lowest BCUT2D eigenvalue weighted by Gasteiger charge is -2.01. The van der Waals surface area contributed by atoms with Gasteiger partial charge in [0, 0.05) is 0 Å². The highest BCUT2D eigenvalue weighted by Crippen LogP contribution is 2.12. The van der Waals surface area contributed by atoms with Crippen molar-refractivity contribution in [2.24, 2.45) is 0 Å². The summed E-state index contributed by atoms with van der Waals surface area (Å²) in [6.45, 7) is 0. The molecule has 0 heterocycles. The molecule has 0 saturated carbocycles. The first-order valence-electron chi connectivity index (χ1n) is 3.20. The fourth-order valence-corrected chi connectivity index (χ4v) is 0.763. The Balaban J connectivity index is 2.88. The zero-order chi connectivity index (χ0) is 8.97. The molecule has 1 rings (SSSR count). The Bertz CT molecular complexity index is 286. The Morgan fingerprint density at radius 2 is 2.25 bits per heavy atom. The molecular weight excluding hydrogens is 159 g/mol. The van der Waals surface area contributed by atoms with Gasteiger partial charge in [-0.25, -0.2) is 4.79 Å². The Labute approximate surface area is 69.7 Å². The van der Waals surface area contributed by atoms with Gasteiger partial charge in [0.2, 0.25) is 0 Å². The SMILES string of the molecule is O=C(O)c1cccc(O[B]O)c1. The number of rotatable bonds is 3. The minimum Gasteiger partial charge on any atom is -0.537 e. The summed E-state index contributed by atoms with van der Waals surface area (Å²) in [5.41, 5.74) is 0.120. The standard InChI is InChI=1S/C7H6BO4/c9-7(10)5-2-1-3-6(4-5)12-8-11/h1-4,11H,(H,9,10). The van der Waals surface area contributed by atoms with Crippen molar-refractivity contribution in [3.63, 3.8) is 0 Å². The first-order valence-corrected chi connectivity index (χ1v) is 3.20. The molecule has 1 aromatic rings. The molecule has 0 saturated heterocycles. The van der Waals surface area contributed by atoms with E-state index in [1.54, 1.807) is 6.07 Å². The molecule has 0 aliphatic carbocycles. The van der Waals surface area contributed by atoms with Gasteiger partial charge in [-0.1, -0.05) is 6.07 Å². The molecule has 0 spiro atoms. The van der Waals surface area contributed by atoms with Crippen LogP contribution in [-0.2, 0) is 0 Å². The highest BCUT2D eigenvalue weighted by atomic mass is 16.5. The second-order valence-corrected chi connectivity index (χ2v) is 2.06. The molecule has 1 aromatic carbocycles. The molecule has 0 aromatic heterocycles. The number of hydrogen-bond donors (Lipinski definition) is 2. The topological polar surface area (TPSA) is 66.8 Å². The average Bonchev–Trinajstić information content (AvgIpc) is 2.05. The van der Waals surface area contributed by atoms with E-state index in [0.29, 0.717) is 7.69 Å². The fraction of sp³-hybridized carbons (Fsp3) is 0. The van der Waals surface area contributed by atoms with Gasteiger partial charge < -0.3 is 14.8 Å². The van der Waals surface area contributed by atoms with Crippen LogP contribution in [0.5, 0.6) is 5.75 Å². The van der Waals surface area contributed by atoms with Crippen LogP contribution >= 0.6 is 0 Å². The molecule has 61 valence electrons. The van der Waals surface area contributed by atoms with Crippen LogP contribution < -0.4 is 4.65 Å². The molecule has 0 aliphatic heterocycles. The fourth-order valence-electron chi connectivity index (χ4n) is 0.763. The Morgan fingerprint density at radius 1 is 1.50 bits per heavy atom. The summed E-state index contributed by atoms with van der Waals surface area (Å²) in [5, 5.41) is 16.8. The maximum atomic E-state index is 10.4. The highest BCUT2D eigenvalue weighted by Gasteiger charge is 2.03. The Hall–Kier alpha value is -1.49. The van der Waals surface area contributed by atoms with E-state index in [2.05, 4.69) is 4.65 Å². The van der Waals surface area contributed by atoms with Crippen molar-refractivity contribution >= 4 is 13.7 Å². The predicted molar refractivity (Wildman–Crippen MR) is 42.0 cm³/mol. The lowest BCUT2D eigenvalue weighted by Crippen LogP contribution is -2.01. The third-order valence-electron chi connectivity index (χ3n) is 1.27. The van der Waals surface area contributed by atoms with Gasteiger partial charge in [0.05, 0.1) is 5.56 Å². The van der Waals surface area contributed by atoms with Crippen molar-refractivity contribution in [2.45, 2.75) is 0 Å². The van der Waals surface area contributed by atoms with Crippen LogP contribution in [0.1, 0.15) is 10.4 Å². The normalized spacial score (nSPS) is 9.08. The summed E-state index contributed by atoms with van der Waals surface area (Å²) in [6.07, 6.45) is 0. The van der Waals surface area contributed by atoms with Crippen molar-refractivity contribution in [3.8, 4) is 5.75 Å². The number of hydrogen-bond acceptors (Lipinski definition) is 3. The second kappa shape index (κ2) is 3.78. The van der Waals surface area contributed by atoms with E-state index in [-0.39, 0.29) is 11.3 Å². The minimum atomic E-state index is -1.03. The van der Waals surface area contributed by atoms with Crippen molar-refractivity contribution < 1.29 is 19.6 Å². The van der Waals surface area contributed by atoms with E-state index in [4.69, 9.17) is 10.1 Å². The molecule has 0 amide bonds. The van der Waals surface area contributed by atoms with Crippen molar-refractivity contribution in [2.75, 3.05) is 0 Å². The smallest absolute Gasteiger partial charge is 0.537 e. The van der Waals surface area contributed by atoms with E-state index in [1.165, 1.54) is 18.2 Å². The molecular formula is C7H6BO4. The van der Waals surface area contributed by atoms with Crippen LogP contribution in [-0.4, -0.2) is 23.8 Å². The maximum absolute atomic E-state index is 10.4. The summed E-state index contributed by atoms with van der Waals surface area (Å²) < 4.78 is 4.56. The summed E-state index contributed by atoms with van der Waals surface area (Å²) >= 11 is 0. The average molecular weight is 165 g/mol. The van der Waals surface area contributed by atoms with Gasteiger partial charge in [0.1, 0.15) is 5.75 Å². The minimum absolute atomic E-state index is 0.120. The Morgan fingerprint density at radius 3 is 2.83 bits per heavy atom. The number of carbonyl (C=O) groups is 1. The van der Waals surface area contributed by atoms with Crippen LogP contribution in [0.15, 0.2) is 24.3 Å². The van der Waals surface area contributed by atoms with E-state index in [0.717, 1.165) is 0 Å². The molecule has 0 fully saturated rings. The van der Waals surface area contributed by atoms with Gasteiger partial charge in [-0.05, 0) is 18.2 Å². The van der Waals surface area contributed by atoms with Crippen LogP contribution in [0.4, 0.5) is 0 Å². The van der Waals surface area contributed by atoms with Crippen molar-refractivity contribution in [1.29, 1.82) is 0 Å². The third kappa shape index (κ3) is 2.00. The molecule has 0 aliphatic rings. The molecule has 12 heavy (non-hydrogen) atoms. The zero-order valence-corrected chi connectivity index (χ0v) is 6.10. The van der Waals surface area contributed by atoms with E-state index >= 15 is 0 Å². The highest BCUT2D eigenvalue weighted by molar-refractivity contribution is 6.17. The molecule has 0 atom stereocenters. The van der Waals surface area contributed by atoms with E-state index in [9.17, 15) is 4.79 Å². The number of carboxylic acids is 1. The van der Waals surface area contributed by atoms with Crippen LogP contribution in [0, 0.1) is 0 Å². The van der Waals surface area contributed by atoms with Crippen LogP contribution in [0.25, 0.3) is 0 Å². The molecule has 4 nitrogen and oxygen atoms in total. The largest absolute Gasteiger partial charge is 0.569 e. The number of carboxylic acid groups (broad SMARTS) is 1. The summed E-state index contributed by atoms with van der Waals surface area (Å²) in [7, 11) is 0.501. The van der Waals surface area contributed by atoms with Gasteiger partial charge in [0.15, 0.2) is 0 Å². The third-order valence-corrected chi connectivity index (χ3v) is 1.27. The lowest BCUT2D eigenvalue weighted by atomic mass is 10.2. The van der Waals surface area contributed by atoms with Crippen molar-refractivity contribution in [1.82, 2.24) is 0 Å². The molecule has 1 radical (unpaired) electrons. The summed E-state index contributed by atoms with van der Waals surface area (Å²) in [4.78, 5) is 10.4. The number of benzene rings is 1. The van der Waals surface area contributed by atoms with Crippen LogP contribution in [0.3, 0.4) is 0 Å². The summed E-state index contributed by atoms with van der Waals surface area (Å²) in [5.74, 6) is -0.740. The van der Waals surface area contributed by atoms with Gasteiger partial charge in [-0.15, -0.1) is 0 Å². The first kappa shape index (κ1) is 8.61. The summed E-state index contributed by atoms with van der Waals surface area (Å²) in [6, 6.07) is 5.82. The number of aromatic carboxylic acids is 1. The maximum Gasteiger partial charge on any atom is 0.569 e. The molecule has 0 unspecified atom stereocenters. The van der Waals surface area contributed by atoms with Crippen molar-refractivity contribution in [3.05, 3.63) is 29.8 Å². The van der Waals surface area contributed by atoms with Gasteiger partial charge >= 0.3 is 13.7 Å². The lowest BCUT2D eigenvalue weighted by molar-refractivity contribution is 0.0696. The second-order valence-electron chi connectivity index (χ2n) is 2.06. The zero-order valence-electron chi connectivity index (χ0n) is 6.10. The molecule has 5 heteroatoms. The van der Waals surface area contributed by atoms with Gasteiger partial charge in [-0.3, -0.25) is 0 Å².